The van der Waals surface area contributed by atoms with E-state index in [2.05, 4.69) is 202 Å². The molecule has 1 heterocycles. The van der Waals surface area contributed by atoms with Crippen molar-refractivity contribution >= 4 is 71.1 Å². The third-order valence-electron chi connectivity index (χ3n) is 14.4. The van der Waals surface area contributed by atoms with Crippen LogP contribution < -0.4 is 4.90 Å². The van der Waals surface area contributed by atoms with Crippen LogP contribution >= 0.6 is 0 Å². The van der Waals surface area contributed by atoms with E-state index in [0.29, 0.717) is 0 Å². The zero-order valence-corrected chi connectivity index (χ0v) is 34.7. The Bertz CT molecular complexity index is 3660. The minimum atomic E-state index is -0.211. The molecule has 11 aromatic rings. The summed E-state index contributed by atoms with van der Waals surface area (Å²) >= 11 is 0. The second-order valence-corrected chi connectivity index (χ2v) is 18.4. The monoisotopic (exact) mass is 778 g/mol. The van der Waals surface area contributed by atoms with Crippen LogP contribution in [0.3, 0.4) is 0 Å². The summed E-state index contributed by atoms with van der Waals surface area (Å²) in [7, 11) is 0. The number of fused-ring (bicyclic) bond motifs is 9. The lowest BCUT2D eigenvalue weighted by molar-refractivity contribution is 0.660. The van der Waals surface area contributed by atoms with E-state index in [1.807, 2.05) is 12.3 Å². The lowest BCUT2D eigenvalue weighted by Gasteiger charge is -2.31. The molecule has 0 atom stereocenters. The van der Waals surface area contributed by atoms with E-state index in [1.54, 1.807) is 0 Å². The Morgan fingerprint density at radius 3 is 1.74 bits per heavy atom. The maximum atomic E-state index is 4.89. The van der Waals surface area contributed by atoms with Crippen LogP contribution in [0.25, 0.3) is 87.4 Å². The Morgan fingerprint density at radius 2 is 0.934 bits per heavy atom. The van der Waals surface area contributed by atoms with Gasteiger partial charge >= 0.3 is 0 Å². The number of anilines is 3. The van der Waals surface area contributed by atoms with Crippen molar-refractivity contribution in [1.29, 1.82) is 0 Å². The zero-order valence-electron chi connectivity index (χ0n) is 34.7. The minimum Gasteiger partial charge on any atom is -0.310 e. The van der Waals surface area contributed by atoms with Gasteiger partial charge in [0.15, 0.2) is 0 Å². The molecule has 13 rings (SSSR count). The van der Waals surface area contributed by atoms with Crippen LogP contribution in [0.4, 0.5) is 17.1 Å². The lowest BCUT2D eigenvalue weighted by atomic mass is 9.81. The number of rotatable bonds is 4. The van der Waals surface area contributed by atoms with E-state index in [-0.39, 0.29) is 10.8 Å². The predicted molar refractivity (Wildman–Crippen MR) is 258 cm³/mol. The molecule has 61 heavy (non-hydrogen) atoms. The molecule has 0 bridgehead atoms. The van der Waals surface area contributed by atoms with E-state index in [4.69, 9.17) is 4.98 Å². The first-order chi connectivity index (χ1) is 29.7. The maximum Gasteiger partial charge on any atom is 0.0780 e. The smallest absolute Gasteiger partial charge is 0.0780 e. The van der Waals surface area contributed by atoms with Gasteiger partial charge in [-0.3, -0.25) is 4.98 Å². The van der Waals surface area contributed by atoms with Gasteiger partial charge in [-0.05, 0) is 143 Å². The summed E-state index contributed by atoms with van der Waals surface area (Å²) in [5.41, 5.74) is 17.5. The van der Waals surface area contributed by atoms with Gasteiger partial charge in [0.05, 0.1) is 11.2 Å². The normalized spacial score (nSPS) is 14.5. The lowest BCUT2D eigenvalue weighted by Crippen LogP contribution is -2.18. The molecule has 2 aliphatic carbocycles. The molecule has 10 aromatic carbocycles. The summed E-state index contributed by atoms with van der Waals surface area (Å²) in [5, 5.41) is 11.2. The molecule has 0 radical (unpaired) electrons. The van der Waals surface area contributed by atoms with Crippen molar-refractivity contribution in [2.24, 2.45) is 0 Å². The highest BCUT2D eigenvalue weighted by Crippen LogP contribution is 2.54. The fourth-order valence-electron chi connectivity index (χ4n) is 11.3. The van der Waals surface area contributed by atoms with Gasteiger partial charge in [-0.15, -0.1) is 0 Å². The van der Waals surface area contributed by atoms with Gasteiger partial charge in [0.1, 0.15) is 0 Å². The molecule has 0 saturated carbocycles. The van der Waals surface area contributed by atoms with Crippen LogP contribution in [0.2, 0.25) is 0 Å². The fourth-order valence-corrected chi connectivity index (χ4v) is 11.3. The fraction of sp³-hybridized carbons (Fsp3) is 0.102. The second-order valence-electron chi connectivity index (χ2n) is 18.4. The summed E-state index contributed by atoms with van der Waals surface area (Å²) in [6.45, 7) is 9.56. The van der Waals surface area contributed by atoms with Gasteiger partial charge in [-0.2, -0.15) is 0 Å². The van der Waals surface area contributed by atoms with Gasteiger partial charge < -0.3 is 4.90 Å². The molecular weight excluding hydrogens is 737 g/mol. The molecular formula is C59H42N2. The molecule has 0 N–H and O–H groups in total. The highest BCUT2D eigenvalue weighted by Gasteiger charge is 2.38. The zero-order chi connectivity index (χ0) is 40.8. The maximum absolute atomic E-state index is 4.89. The van der Waals surface area contributed by atoms with E-state index < -0.39 is 0 Å². The van der Waals surface area contributed by atoms with Crippen molar-refractivity contribution < 1.29 is 0 Å². The molecule has 0 fully saturated rings. The Hall–Kier alpha value is -7.29. The third kappa shape index (κ3) is 4.76. The summed E-state index contributed by atoms with van der Waals surface area (Å²) < 4.78 is 0. The first kappa shape index (κ1) is 34.6. The number of nitrogens with zero attached hydrogens (tertiary/aromatic N) is 2. The van der Waals surface area contributed by atoms with E-state index >= 15 is 0 Å². The number of hydrogen-bond acceptors (Lipinski definition) is 2. The number of benzene rings is 10. The van der Waals surface area contributed by atoms with Gasteiger partial charge in [-0.25, -0.2) is 0 Å². The average Bonchev–Trinajstić information content (AvgIpc) is 3.66. The predicted octanol–water partition coefficient (Wildman–Crippen LogP) is 16.0. The van der Waals surface area contributed by atoms with Gasteiger partial charge in [-0.1, -0.05) is 149 Å². The Balaban J connectivity index is 1.02. The molecule has 288 valence electrons. The third-order valence-corrected chi connectivity index (χ3v) is 14.4. The van der Waals surface area contributed by atoms with Crippen LogP contribution in [0.15, 0.2) is 182 Å². The van der Waals surface area contributed by atoms with Crippen LogP contribution in [-0.4, -0.2) is 4.98 Å². The number of hydrogen-bond donors (Lipinski definition) is 0. The Kier molecular flexibility index (Phi) is 6.88. The summed E-state index contributed by atoms with van der Waals surface area (Å²) in [6.07, 6.45) is 1.91. The molecule has 0 aliphatic heterocycles. The summed E-state index contributed by atoms with van der Waals surface area (Å²) in [6, 6.07) is 66.3. The summed E-state index contributed by atoms with van der Waals surface area (Å²) in [5.74, 6) is 0. The minimum absolute atomic E-state index is 0.130. The quantitative estimate of drug-likeness (QED) is 0.131. The van der Waals surface area contributed by atoms with Crippen molar-refractivity contribution in [2.45, 2.75) is 38.5 Å². The van der Waals surface area contributed by atoms with Crippen LogP contribution in [0.5, 0.6) is 0 Å². The topological polar surface area (TPSA) is 16.1 Å². The summed E-state index contributed by atoms with van der Waals surface area (Å²) in [4.78, 5) is 7.42. The molecule has 0 amide bonds. The molecule has 2 aliphatic rings. The van der Waals surface area contributed by atoms with Crippen molar-refractivity contribution in [3.05, 3.63) is 204 Å². The molecule has 2 heteroatoms. The highest BCUT2D eigenvalue weighted by molar-refractivity contribution is 6.30. The standard InChI is InChI=1S/C59H42N2/c1-58(2)50-14-8-7-13-44(50)46-24-21-42(33-52(46)58)61(54-28-20-36-16-18-40-31-41-12-9-29-60-57(41)49-27-26-48(54)55(36)56(40)49)43-22-25-47-45-23-19-39(32-51(45)59(3,4)53(47)34-43)38-17-15-35-10-5-6-11-37(35)30-38/h5-34H,1-4H3. The second kappa shape index (κ2) is 12.1. The van der Waals surface area contributed by atoms with Crippen molar-refractivity contribution in [2.75, 3.05) is 4.90 Å². The number of pyridine rings is 1. The van der Waals surface area contributed by atoms with Gasteiger partial charge in [0, 0.05) is 44.6 Å². The van der Waals surface area contributed by atoms with E-state index in [1.165, 1.54) is 110 Å². The first-order valence-corrected chi connectivity index (χ1v) is 21.5. The molecule has 0 unspecified atom stereocenters. The first-order valence-electron chi connectivity index (χ1n) is 21.5. The van der Waals surface area contributed by atoms with Crippen molar-refractivity contribution in [1.82, 2.24) is 4.98 Å². The van der Waals surface area contributed by atoms with Crippen molar-refractivity contribution in [3.8, 4) is 33.4 Å². The van der Waals surface area contributed by atoms with E-state index in [9.17, 15) is 0 Å². The molecule has 2 nitrogen and oxygen atoms in total. The van der Waals surface area contributed by atoms with Crippen LogP contribution in [-0.2, 0) is 10.8 Å². The molecule has 0 saturated heterocycles. The Morgan fingerprint density at radius 1 is 0.377 bits per heavy atom. The van der Waals surface area contributed by atoms with E-state index in [0.717, 1.165) is 16.9 Å². The SMILES string of the molecule is CC1(C)c2ccccc2-c2ccc(N(c3ccc4c(c3)C(C)(C)c3cc(-c5ccc6ccccc6c5)ccc3-4)c3ccc4ccc5cc6cccnc6c6ccc3c4c56)cc21. The largest absolute Gasteiger partial charge is 0.310 e. The van der Waals surface area contributed by atoms with Gasteiger partial charge in [0.2, 0.25) is 0 Å². The van der Waals surface area contributed by atoms with Crippen molar-refractivity contribution in [3.63, 3.8) is 0 Å². The number of aromatic nitrogens is 1. The molecule has 1 aromatic heterocycles. The Labute approximate surface area is 355 Å². The van der Waals surface area contributed by atoms with Crippen LogP contribution in [0.1, 0.15) is 49.9 Å². The molecule has 0 spiro atoms. The van der Waals surface area contributed by atoms with Gasteiger partial charge in [0.25, 0.3) is 0 Å². The average molecular weight is 779 g/mol. The van der Waals surface area contributed by atoms with Crippen LogP contribution in [0, 0.1) is 0 Å². The highest BCUT2D eigenvalue weighted by atomic mass is 15.1.